The molecule has 1 saturated carbocycles. The van der Waals surface area contributed by atoms with Crippen LogP contribution in [0.1, 0.15) is 42.1 Å². The van der Waals surface area contributed by atoms with E-state index in [1.807, 2.05) is 16.7 Å². The predicted octanol–water partition coefficient (Wildman–Crippen LogP) is 4.96. The number of aromatic nitrogens is 1. The summed E-state index contributed by atoms with van der Waals surface area (Å²) in [5.41, 5.74) is 1.38. The molecule has 152 valence electrons. The lowest BCUT2D eigenvalue weighted by Crippen LogP contribution is -2.34. The van der Waals surface area contributed by atoms with Crippen molar-refractivity contribution in [3.05, 3.63) is 35.0 Å². The maximum Gasteiger partial charge on any atom is 0.391 e. The number of rotatable bonds is 4. The number of carbonyl (C=O) groups is 1. The van der Waals surface area contributed by atoms with Crippen LogP contribution >= 0.6 is 11.6 Å². The molecule has 2 heterocycles. The zero-order valence-corrected chi connectivity index (χ0v) is 16.0. The number of amides is 1. The Hall–Kier alpha value is -1.73. The van der Waals surface area contributed by atoms with Crippen molar-refractivity contribution < 1.29 is 22.7 Å². The van der Waals surface area contributed by atoms with Crippen molar-refractivity contribution in [2.45, 2.75) is 37.9 Å². The van der Waals surface area contributed by atoms with Gasteiger partial charge in [0.15, 0.2) is 0 Å². The van der Waals surface area contributed by atoms with Gasteiger partial charge in [-0.25, -0.2) is 0 Å². The highest BCUT2D eigenvalue weighted by Gasteiger charge is 2.41. The Bertz CT molecular complexity index is 868. The summed E-state index contributed by atoms with van der Waals surface area (Å²) in [6, 6.07) is 5.71. The zero-order valence-electron chi connectivity index (χ0n) is 15.3. The second kappa shape index (κ2) is 7.59. The number of halogens is 4. The van der Waals surface area contributed by atoms with Gasteiger partial charge in [0.2, 0.25) is 0 Å². The topological polar surface area (TPSA) is 43.3 Å². The number of benzene rings is 1. The third kappa shape index (κ3) is 3.74. The van der Waals surface area contributed by atoms with E-state index in [1.165, 1.54) is 0 Å². The van der Waals surface area contributed by atoms with Gasteiger partial charge >= 0.3 is 6.18 Å². The number of hydrogen-bond acceptors (Lipinski definition) is 2. The monoisotopic (exact) mass is 414 g/mol. The van der Waals surface area contributed by atoms with Gasteiger partial charge < -0.3 is 14.6 Å². The summed E-state index contributed by atoms with van der Waals surface area (Å²) in [5.74, 6) is -1.37. The van der Waals surface area contributed by atoms with Crippen LogP contribution in [0.5, 0.6) is 0 Å². The Morgan fingerprint density at radius 3 is 2.54 bits per heavy atom. The molecule has 0 bridgehead atoms. The van der Waals surface area contributed by atoms with Crippen LogP contribution < -0.4 is 5.32 Å². The van der Waals surface area contributed by atoms with Crippen LogP contribution in [0, 0.1) is 11.8 Å². The van der Waals surface area contributed by atoms with E-state index < -0.39 is 12.1 Å². The lowest BCUT2D eigenvalue weighted by molar-refractivity contribution is -0.183. The SMILES string of the molecule is O=C(NCC1CCC(C(F)(F)F)CC1)c1cn(C2COC2)c2cccc(Cl)c12. The van der Waals surface area contributed by atoms with Crippen molar-refractivity contribution in [3.8, 4) is 0 Å². The van der Waals surface area contributed by atoms with Gasteiger partial charge in [0.05, 0.1) is 41.3 Å². The smallest absolute Gasteiger partial charge is 0.377 e. The fraction of sp³-hybridized carbons (Fsp3) is 0.550. The summed E-state index contributed by atoms with van der Waals surface area (Å²) in [7, 11) is 0. The molecule has 2 aromatic rings. The Labute approximate surface area is 166 Å². The fourth-order valence-electron chi connectivity index (χ4n) is 4.15. The summed E-state index contributed by atoms with van der Waals surface area (Å²) in [5, 5.41) is 4.12. The summed E-state index contributed by atoms with van der Waals surface area (Å²) < 4.78 is 45.7. The Balaban J connectivity index is 1.45. The van der Waals surface area contributed by atoms with Crippen molar-refractivity contribution >= 4 is 28.4 Å². The predicted molar refractivity (Wildman–Crippen MR) is 101 cm³/mol. The molecular weight excluding hydrogens is 393 g/mol. The van der Waals surface area contributed by atoms with Crippen molar-refractivity contribution in [2.24, 2.45) is 11.8 Å². The second-order valence-corrected chi connectivity index (χ2v) is 8.15. The van der Waals surface area contributed by atoms with Crippen LogP contribution in [0.4, 0.5) is 13.2 Å². The highest BCUT2D eigenvalue weighted by Crippen LogP contribution is 2.39. The largest absolute Gasteiger partial charge is 0.391 e. The molecule has 4 rings (SSSR count). The molecule has 0 spiro atoms. The van der Waals surface area contributed by atoms with Gasteiger partial charge in [0.25, 0.3) is 5.91 Å². The lowest BCUT2D eigenvalue weighted by atomic mass is 9.81. The number of carbonyl (C=O) groups excluding carboxylic acids is 1. The van der Waals surface area contributed by atoms with Crippen LogP contribution in [0.15, 0.2) is 24.4 Å². The Morgan fingerprint density at radius 2 is 1.93 bits per heavy atom. The molecule has 1 aromatic carbocycles. The molecule has 2 aliphatic rings. The molecule has 1 aromatic heterocycles. The molecule has 4 nitrogen and oxygen atoms in total. The molecule has 1 saturated heterocycles. The maximum atomic E-state index is 12.8. The minimum Gasteiger partial charge on any atom is -0.377 e. The van der Waals surface area contributed by atoms with Crippen molar-refractivity contribution in [1.82, 2.24) is 9.88 Å². The number of ether oxygens (including phenoxy) is 1. The molecule has 8 heteroatoms. The summed E-state index contributed by atoms with van der Waals surface area (Å²) in [6.45, 7) is 1.58. The van der Waals surface area contributed by atoms with E-state index in [4.69, 9.17) is 16.3 Å². The van der Waals surface area contributed by atoms with E-state index in [1.54, 1.807) is 12.3 Å². The van der Waals surface area contributed by atoms with E-state index in [9.17, 15) is 18.0 Å². The van der Waals surface area contributed by atoms with E-state index in [2.05, 4.69) is 5.32 Å². The summed E-state index contributed by atoms with van der Waals surface area (Å²) in [4.78, 5) is 12.8. The third-order valence-electron chi connectivity index (χ3n) is 5.93. The van der Waals surface area contributed by atoms with E-state index in [-0.39, 0.29) is 30.7 Å². The molecule has 1 aliphatic heterocycles. The average molecular weight is 415 g/mol. The third-order valence-corrected chi connectivity index (χ3v) is 6.24. The molecule has 1 amide bonds. The van der Waals surface area contributed by atoms with Gasteiger partial charge in [-0.1, -0.05) is 17.7 Å². The first-order valence-electron chi connectivity index (χ1n) is 9.56. The van der Waals surface area contributed by atoms with Gasteiger partial charge in [-0.15, -0.1) is 0 Å². The van der Waals surface area contributed by atoms with Gasteiger partial charge in [-0.3, -0.25) is 4.79 Å². The maximum absolute atomic E-state index is 12.8. The highest BCUT2D eigenvalue weighted by molar-refractivity contribution is 6.36. The Kier molecular flexibility index (Phi) is 5.31. The number of fused-ring (bicyclic) bond motifs is 1. The molecule has 1 N–H and O–H groups in total. The van der Waals surface area contributed by atoms with Crippen molar-refractivity contribution in [1.29, 1.82) is 0 Å². The second-order valence-electron chi connectivity index (χ2n) is 7.74. The van der Waals surface area contributed by atoms with Crippen LogP contribution in [0.25, 0.3) is 10.9 Å². The van der Waals surface area contributed by atoms with Gasteiger partial charge in [0.1, 0.15) is 0 Å². The zero-order chi connectivity index (χ0) is 19.9. The first kappa shape index (κ1) is 19.6. The minimum absolute atomic E-state index is 0.0754. The normalized spacial score (nSPS) is 23.6. The number of hydrogen-bond donors (Lipinski definition) is 1. The van der Waals surface area contributed by atoms with Crippen LogP contribution in [-0.4, -0.2) is 36.4 Å². The fourth-order valence-corrected chi connectivity index (χ4v) is 4.42. The van der Waals surface area contributed by atoms with Crippen LogP contribution in [-0.2, 0) is 4.74 Å². The number of alkyl halides is 3. The number of nitrogens with zero attached hydrogens (tertiary/aromatic N) is 1. The van der Waals surface area contributed by atoms with Gasteiger partial charge in [-0.05, 0) is 43.7 Å². The quantitative estimate of drug-likeness (QED) is 0.768. The first-order chi connectivity index (χ1) is 13.3. The molecule has 0 radical (unpaired) electrons. The average Bonchev–Trinajstić information content (AvgIpc) is 2.99. The molecular formula is C20H22ClF3N2O2. The van der Waals surface area contributed by atoms with Gasteiger partial charge in [-0.2, -0.15) is 13.2 Å². The van der Waals surface area contributed by atoms with E-state index in [0.29, 0.717) is 48.6 Å². The molecule has 0 unspecified atom stereocenters. The van der Waals surface area contributed by atoms with Crippen molar-refractivity contribution in [3.63, 3.8) is 0 Å². The lowest BCUT2D eigenvalue weighted by Gasteiger charge is -2.29. The first-order valence-corrected chi connectivity index (χ1v) is 9.94. The Morgan fingerprint density at radius 1 is 1.21 bits per heavy atom. The minimum atomic E-state index is -4.11. The standard InChI is InChI=1S/C20H22ClF3N2O2/c21-16-2-1-3-17-18(16)15(9-26(17)14-10-28-11-14)19(27)25-8-12-4-6-13(7-5-12)20(22,23)24/h1-3,9,12-14H,4-8,10-11H2,(H,25,27). The van der Waals surface area contributed by atoms with Crippen LogP contribution in [0.2, 0.25) is 5.02 Å². The van der Waals surface area contributed by atoms with Gasteiger partial charge in [0, 0.05) is 18.1 Å². The van der Waals surface area contributed by atoms with Crippen LogP contribution in [0.3, 0.4) is 0 Å². The number of nitrogens with one attached hydrogen (secondary N) is 1. The molecule has 28 heavy (non-hydrogen) atoms. The molecule has 0 atom stereocenters. The van der Waals surface area contributed by atoms with Crippen molar-refractivity contribution in [2.75, 3.05) is 19.8 Å². The molecule has 1 aliphatic carbocycles. The van der Waals surface area contributed by atoms with E-state index in [0.717, 1.165) is 5.52 Å². The molecule has 2 fully saturated rings. The summed E-state index contributed by atoms with van der Waals surface area (Å²) >= 11 is 6.36. The highest BCUT2D eigenvalue weighted by atomic mass is 35.5. The summed E-state index contributed by atoms with van der Waals surface area (Å²) in [6.07, 6.45) is -1.08. The van der Waals surface area contributed by atoms with E-state index >= 15 is 0 Å².